The maximum absolute atomic E-state index is 13.1. The zero-order chi connectivity index (χ0) is 21.8. The molecule has 0 bridgehead atoms. The summed E-state index contributed by atoms with van der Waals surface area (Å²) in [6, 6.07) is 16.8. The van der Waals surface area contributed by atoms with Crippen LogP contribution in [0.4, 0.5) is 0 Å². The summed E-state index contributed by atoms with van der Waals surface area (Å²) >= 11 is 1.42. The topological polar surface area (TPSA) is 63.9 Å². The summed E-state index contributed by atoms with van der Waals surface area (Å²) in [6.07, 6.45) is 3.20. The van der Waals surface area contributed by atoms with Crippen LogP contribution in [0, 0.1) is 19.8 Å². The smallest absolute Gasteiger partial charge is 0.235 e. The molecule has 1 aliphatic rings. The van der Waals surface area contributed by atoms with Crippen LogP contribution >= 0.6 is 11.8 Å². The number of aryl methyl sites for hydroxylation is 2. The van der Waals surface area contributed by atoms with E-state index in [-0.39, 0.29) is 11.2 Å². The van der Waals surface area contributed by atoms with Crippen molar-refractivity contribution < 1.29 is 4.79 Å². The number of rotatable bonds is 6. The van der Waals surface area contributed by atoms with E-state index in [0.717, 1.165) is 38.0 Å². The van der Waals surface area contributed by atoms with E-state index in [0.29, 0.717) is 11.1 Å². The zero-order valence-electron chi connectivity index (χ0n) is 18.4. The van der Waals surface area contributed by atoms with Gasteiger partial charge in [0.25, 0.3) is 0 Å². The van der Waals surface area contributed by atoms with Crippen molar-refractivity contribution in [3.05, 3.63) is 65.2 Å². The summed E-state index contributed by atoms with van der Waals surface area (Å²) in [6.45, 7) is 7.75. The molecule has 4 rings (SSSR count). The van der Waals surface area contributed by atoms with Crippen LogP contribution in [0.1, 0.15) is 36.5 Å². The van der Waals surface area contributed by atoms with Gasteiger partial charge in [0, 0.05) is 13.1 Å². The predicted molar refractivity (Wildman–Crippen MR) is 123 cm³/mol. The van der Waals surface area contributed by atoms with E-state index < -0.39 is 0 Å². The lowest BCUT2D eigenvalue weighted by molar-refractivity contribution is -0.131. The van der Waals surface area contributed by atoms with Crippen molar-refractivity contribution in [3.8, 4) is 5.69 Å². The normalized spacial score (nSPS) is 15.8. The van der Waals surface area contributed by atoms with E-state index in [9.17, 15) is 4.79 Å². The fourth-order valence-electron chi connectivity index (χ4n) is 4.04. The number of hydrogen-bond donors (Lipinski definition) is 0. The fourth-order valence-corrected chi connectivity index (χ4v) is 4.93. The molecule has 0 spiro atoms. The molecule has 0 N–H and O–H groups in total. The van der Waals surface area contributed by atoms with Gasteiger partial charge in [0.1, 0.15) is 0 Å². The molecule has 0 aliphatic carbocycles. The first-order valence-corrected chi connectivity index (χ1v) is 11.7. The first-order valence-electron chi connectivity index (χ1n) is 10.9. The van der Waals surface area contributed by atoms with Crippen molar-refractivity contribution in [2.45, 2.75) is 50.4 Å². The van der Waals surface area contributed by atoms with Gasteiger partial charge in [-0.15, -0.1) is 5.10 Å². The van der Waals surface area contributed by atoms with Gasteiger partial charge in [-0.1, -0.05) is 48.2 Å². The molecule has 1 atom stereocenters. The molecule has 1 fully saturated rings. The van der Waals surface area contributed by atoms with Crippen molar-refractivity contribution in [2.24, 2.45) is 5.92 Å². The number of carbonyl (C=O) groups excluding carboxylic acids is 1. The number of benzene rings is 2. The predicted octanol–water partition coefficient (Wildman–Crippen LogP) is 4.24. The third-order valence-corrected chi connectivity index (χ3v) is 7.12. The molecule has 2 aromatic carbocycles. The van der Waals surface area contributed by atoms with Crippen LogP contribution in [0.25, 0.3) is 5.69 Å². The van der Waals surface area contributed by atoms with Crippen molar-refractivity contribution in [1.82, 2.24) is 25.1 Å². The molecule has 3 aromatic rings. The van der Waals surface area contributed by atoms with Crippen molar-refractivity contribution in [1.29, 1.82) is 0 Å². The quantitative estimate of drug-likeness (QED) is 0.542. The maximum Gasteiger partial charge on any atom is 0.235 e. The average Bonchev–Trinajstić information content (AvgIpc) is 3.24. The number of nitrogens with zero attached hydrogens (tertiary/aromatic N) is 5. The van der Waals surface area contributed by atoms with Gasteiger partial charge in [-0.3, -0.25) is 4.79 Å². The lowest BCUT2D eigenvalue weighted by Crippen LogP contribution is -2.42. The van der Waals surface area contributed by atoms with Crippen molar-refractivity contribution >= 4 is 17.7 Å². The zero-order valence-corrected chi connectivity index (χ0v) is 19.2. The van der Waals surface area contributed by atoms with E-state index >= 15 is 0 Å². The van der Waals surface area contributed by atoms with Crippen molar-refractivity contribution in [3.63, 3.8) is 0 Å². The molecule has 1 amide bonds. The van der Waals surface area contributed by atoms with Crippen LogP contribution in [-0.4, -0.2) is 49.4 Å². The Hall–Kier alpha value is -2.67. The molecule has 1 unspecified atom stereocenters. The lowest BCUT2D eigenvalue weighted by Gasteiger charge is -2.33. The summed E-state index contributed by atoms with van der Waals surface area (Å²) in [5, 5.41) is 12.6. The van der Waals surface area contributed by atoms with Crippen LogP contribution in [0.2, 0.25) is 0 Å². The second kappa shape index (κ2) is 9.64. The largest absolute Gasteiger partial charge is 0.342 e. The monoisotopic (exact) mass is 435 g/mol. The van der Waals surface area contributed by atoms with Gasteiger partial charge in [0.2, 0.25) is 11.1 Å². The van der Waals surface area contributed by atoms with E-state index in [1.54, 1.807) is 4.68 Å². The molecule has 1 aromatic heterocycles. The van der Waals surface area contributed by atoms with Crippen LogP contribution in [0.15, 0.2) is 53.7 Å². The third kappa shape index (κ3) is 5.15. The Kier molecular flexibility index (Phi) is 6.70. The molecular weight excluding hydrogens is 406 g/mol. The summed E-state index contributed by atoms with van der Waals surface area (Å²) in [4.78, 5) is 15.1. The molecule has 0 saturated carbocycles. The molecule has 0 radical (unpaired) electrons. The molecule has 7 heteroatoms. The number of piperidine rings is 1. The Bertz CT molecular complexity index is 1030. The highest BCUT2D eigenvalue weighted by Crippen LogP contribution is 2.27. The number of aromatic nitrogens is 4. The molecular formula is C24H29N5OS. The number of likely N-dealkylation sites (tertiary alicyclic amines) is 1. The minimum absolute atomic E-state index is 0.165. The SMILES string of the molecule is Cc1ccc(-n2nnnc2SC(C)C(=O)N2CCC(Cc3ccccc3)CC2)cc1C. The molecule has 2 heterocycles. The van der Waals surface area contributed by atoms with Crippen molar-refractivity contribution in [2.75, 3.05) is 13.1 Å². The minimum Gasteiger partial charge on any atom is -0.342 e. The summed E-state index contributed by atoms with van der Waals surface area (Å²) in [7, 11) is 0. The molecule has 31 heavy (non-hydrogen) atoms. The first kappa shape index (κ1) is 21.6. The van der Waals surface area contributed by atoms with Gasteiger partial charge in [-0.05, 0) is 85.2 Å². The van der Waals surface area contributed by atoms with Gasteiger partial charge in [0.15, 0.2) is 0 Å². The van der Waals surface area contributed by atoms with E-state index in [2.05, 4.69) is 71.8 Å². The number of tetrazole rings is 1. The number of amides is 1. The number of thioether (sulfide) groups is 1. The lowest BCUT2D eigenvalue weighted by atomic mass is 9.90. The van der Waals surface area contributed by atoms with Gasteiger partial charge in [0.05, 0.1) is 10.9 Å². The van der Waals surface area contributed by atoms with E-state index in [1.165, 1.54) is 28.5 Å². The second-order valence-electron chi connectivity index (χ2n) is 8.36. The minimum atomic E-state index is -0.234. The summed E-state index contributed by atoms with van der Waals surface area (Å²) in [5.41, 5.74) is 4.71. The summed E-state index contributed by atoms with van der Waals surface area (Å²) < 4.78 is 1.72. The highest BCUT2D eigenvalue weighted by Gasteiger charge is 2.28. The van der Waals surface area contributed by atoms with Gasteiger partial charge >= 0.3 is 0 Å². The van der Waals surface area contributed by atoms with E-state index in [4.69, 9.17) is 0 Å². The van der Waals surface area contributed by atoms with Crippen LogP contribution in [0.5, 0.6) is 0 Å². The number of hydrogen-bond acceptors (Lipinski definition) is 5. The average molecular weight is 436 g/mol. The van der Waals surface area contributed by atoms with Crippen LogP contribution in [0.3, 0.4) is 0 Å². The standard InChI is InChI=1S/C24H29N5OS/c1-17-9-10-22(15-18(17)2)29-24(25-26-27-29)31-19(3)23(30)28-13-11-21(12-14-28)16-20-7-5-4-6-8-20/h4-10,15,19,21H,11-14,16H2,1-3H3. The molecule has 1 aliphatic heterocycles. The fraction of sp³-hybridized carbons (Fsp3) is 0.417. The maximum atomic E-state index is 13.1. The third-order valence-electron chi connectivity index (χ3n) is 6.10. The first-order chi connectivity index (χ1) is 15.0. The summed E-state index contributed by atoms with van der Waals surface area (Å²) in [5.74, 6) is 0.810. The van der Waals surface area contributed by atoms with Gasteiger partial charge in [-0.2, -0.15) is 4.68 Å². The van der Waals surface area contributed by atoms with E-state index in [1.807, 2.05) is 17.9 Å². The van der Waals surface area contributed by atoms with Crippen LogP contribution < -0.4 is 0 Å². The van der Waals surface area contributed by atoms with Crippen LogP contribution in [-0.2, 0) is 11.2 Å². The highest BCUT2D eigenvalue weighted by molar-refractivity contribution is 8.00. The Labute approximate surface area is 188 Å². The Morgan fingerprint density at radius 2 is 1.84 bits per heavy atom. The van der Waals surface area contributed by atoms with Gasteiger partial charge < -0.3 is 4.90 Å². The molecule has 1 saturated heterocycles. The Morgan fingerprint density at radius 3 is 2.55 bits per heavy atom. The second-order valence-corrected chi connectivity index (χ2v) is 9.67. The number of carbonyl (C=O) groups is 1. The Morgan fingerprint density at radius 1 is 1.10 bits per heavy atom. The highest BCUT2D eigenvalue weighted by atomic mass is 32.2. The Balaban J connectivity index is 1.35. The van der Waals surface area contributed by atoms with Gasteiger partial charge in [-0.25, -0.2) is 0 Å². The molecule has 162 valence electrons. The molecule has 6 nitrogen and oxygen atoms in total.